The largest absolute Gasteiger partial charge is 0.352 e. The number of imidazole rings is 1. The number of fused-ring (bicyclic) bond motifs is 2. The molecule has 0 aliphatic carbocycles. The number of piperidine rings is 1. The Morgan fingerprint density at radius 3 is 2.93 bits per heavy atom. The number of aryl methyl sites for hydroxylation is 1. The molecule has 0 bridgehead atoms. The van der Waals surface area contributed by atoms with Crippen molar-refractivity contribution in [2.75, 3.05) is 31.6 Å². The monoisotopic (exact) mass is 373 g/mol. The maximum Gasteiger partial charge on any atom is 0.255 e. The van der Waals surface area contributed by atoms with E-state index in [-0.39, 0.29) is 12.6 Å². The fraction of sp³-hybridized carbons (Fsp3) is 0.526. The molecule has 2 aliphatic rings. The quantitative estimate of drug-likeness (QED) is 0.886. The summed E-state index contributed by atoms with van der Waals surface area (Å²) in [5, 5.41) is 2.93. The number of nitrogens with one attached hydrogen (secondary N) is 1. The highest BCUT2D eigenvalue weighted by Gasteiger charge is 2.47. The molecule has 4 rings (SSSR count). The third-order valence-electron chi connectivity index (χ3n) is 5.48. The van der Waals surface area contributed by atoms with Crippen molar-refractivity contribution in [3.05, 3.63) is 42.2 Å². The minimum absolute atomic E-state index is 0.184. The molecule has 1 fully saturated rings. The lowest BCUT2D eigenvalue weighted by molar-refractivity contribution is -0.169. The lowest BCUT2D eigenvalue weighted by atomic mass is 9.88. The fourth-order valence-corrected chi connectivity index (χ4v) is 3.96. The van der Waals surface area contributed by atoms with Crippen molar-refractivity contribution in [3.8, 4) is 0 Å². The van der Waals surface area contributed by atoms with E-state index in [1.807, 2.05) is 23.8 Å². The van der Waals surface area contributed by atoms with Crippen molar-refractivity contribution in [2.45, 2.75) is 38.0 Å². The van der Waals surface area contributed by atoms with Gasteiger partial charge in [0.15, 0.2) is 6.10 Å². The van der Waals surface area contributed by atoms with Crippen LogP contribution in [0.5, 0.6) is 0 Å². The first-order chi connectivity index (χ1) is 13.1. The summed E-state index contributed by atoms with van der Waals surface area (Å²) in [7, 11) is 0. The Bertz CT molecular complexity index is 816. The average Bonchev–Trinajstić information content (AvgIpc) is 3.15. The van der Waals surface area contributed by atoms with E-state index >= 15 is 0 Å². The minimum atomic E-state index is -0.612. The Hall–Kier alpha value is -2.32. The van der Waals surface area contributed by atoms with E-state index < -0.39 is 11.7 Å². The van der Waals surface area contributed by atoms with E-state index in [2.05, 4.69) is 20.2 Å². The van der Waals surface area contributed by atoms with Gasteiger partial charge in [0, 0.05) is 38.2 Å². The van der Waals surface area contributed by atoms with E-state index in [0.29, 0.717) is 31.6 Å². The van der Waals surface area contributed by atoms with Gasteiger partial charge in [0.1, 0.15) is 18.1 Å². The molecule has 2 aromatic heterocycles. The molecule has 8 heteroatoms. The zero-order valence-corrected chi connectivity index (χ0v) is 15.4. The summed E-state index contributed by atoms with van der Waals surface area (Å²) in [6.45, 7) is 3.83. The first-order valence-electron chi connectivity index (χ1n) is 9.31. The molecule has 2 aliphatic heterocycles. The normalized spacial score (nSPS) is 21.8. The van der Waals surface area contributed by atoms with Gasteiger partial charge >= 0.3 is 0 Å². The van der Waals surface area contributed by atoms with E-state index in [1.165, 1.54) is 0 Å². The number of halogens is 1. The highest BCUT2D eigenvalue weighted by molar-refractivity contribution is 5.94. The Morgan fingerprint density at radius 2 is 2.19 bits per heavy atom. The number of ether oxygens (including phenoxy) is 1. The predicted molar refractivity (Wildman–Crippen MR) is 98.0 cm³/mol. The van der Waals surface area contributed by atoms with Gasteiger partial charge in [0.05, 0.1) is 17.9 Å². The molecule has 4 heterocycles. The summed E-state index contributed by atoms with van der Waals surface area (Å²) < 4.78 is 21.0. The standard InChI is InChI=1S/C19H24FN5O2/c1-14-15(3-2-7-21-14)23-17(26)16-13-25-12-8-22-18(25)19(27-16)4-9-24(10-5-19)11-6-20/h2-3,7-8,12,16H,4-6,9-11,13H2,1H3,(H,23,26). The Kier molecular flexibility index (Phi) is 4.92. The summed E-state index contributed by atoms with van der Waals surface area (Å²) >= 11 is 0. The molecule has 0 aromatic carbocycles. The maximum absolute atomic E-state index is 12.9. The summed E-state index contributed by atoms with van der Waals surface area (Å²) in [5.74, 6) is 0.681. The third-order valence-corrected chi connectivity index (χ3v) is 5.48. The molecule has 27 heavy (non-hydrogen) atoms. The number of carbonyl (C=O) groups is 1. The number of amides is 1. The number of carbonyl (C=O) groups excluding carboxylic acids is 1. The number of hydrogen-bond donors (Lipinski definition) is 1. The van der Waals surface area contributed by atoms with Crippen LogP contribution >= 0.6 is 0 Å². The lowest BCUT2D eigenvalue weighted by Gasteiger charge is -2.45. The molecule has 1 N–H and O–H groups in total. The number of anilines is 1. The predicted octanol–water partition coefficient (Wildman–Crippen LogP) is 1.88. The Balaban J connectivity index is 1.53. The number of hydrogen-bond acceptors (Lipinski definition) is 5. The average molecular weight is 373 g/mol. The molecule has 0 saturated carbocycles. The van der Waals surface area contributed by atoms with Crippen LogP contribution in [0.1, 0.15) is 24.4 Å². The molecule has 1 unspecified atom stereocenters. The summed E-state index contributed by atoms with van der Waals surface area (Å²) in [5.41, 5.74) is 0.856. The van der Waals surface area contributed by atoms with Crippen LogP contribution in [-0.4, -0.2) is 57.8 Å². The first-order valence-corrected chi connectivity index (χ1v) is 9.31. The molecule has 2 aromatic rings. The molecule has 1 spiro atoms. The summed E-state index contributed by atoms with van der Waals surface area (Å²) in [4.78, 5) is 23.7. The zero-order chi connectivity index (χ0) is 18.9. The number of nitrogens with zero attached hydrogens (tertiary/aromatic N) is 4. The number of aromatic nitrogens is 3. The molecule has 1 atom stereocenters. The van der Waals surface area contributed by atoms with Crippen molar-refractivity contribution in [3.63, 3.8) is 0 Å². The number of rotatable bonds is 4. The molecule has 144 valence electrons. The smallest absolute Gasteiger partial charge is 0.255 e. The van der Waals surface area contributed by atoms with Crippen LogP contribution in [0.4, 0.5) is 10.1 Å². The molecule has 7 nitrogen and oxygen atoms in total. The van der Waals surface area contributed by atoms with Gasteiger partial charge in [-0.2, -0.15) is 0 Å². The first kappa shape index (κ1) is 18.1. The maximum atomic E-state index is 12.9. The molecule has 0 radical (unpaired) electrons. The van der Waals surface area contributed by atoms with Gasteiger partial charge in [-0.25, -0.2) is 9.37 Å². The van der Waals surface area contributed by atoms with E-state index in [0.717, 1.165) is 24.6 Å². The Morgan fingerprint density at radius 1 is 1.37 bits per heavy atom. The van der Waals surface area contributed by atoms with Crippen LogP contribution in [0.25, 0.3) is 0 Å². The Labute approximate surface area is 157 Å². The van der Waals surface area contributed by atoms with Gasteiger partial charge in [0.25, 0.3) is 5.91 Å². The van der Waals surface area contributed by atoms with Crippen LogP contribution in [0.2, 0.25) is 0 Å². The summed E-state index contributed by atoms with van der Waals surface area (Å²) in [6, 6.07) is 3.62. The zero-order valence-electron chi connectivity index (χ0n) is 15.4. The van der Waals surface area contributed by atoms with Crippen molar-refractivity contribution >= 4 is 11.6 Å². The van der Waals surface area contributed by atoms with Gasteiger partial charge in [-0.3, -0.25) is 9.78 Å². The van der Waals surface area contributed by atoms with E-state index in [9.17, 15) is 9.18 Å². The van der Waals surface area contributed by atoms with Crippen LogP contribution in [-0.2, 0) is 21.7 Å². The van der Waals surface area contributed by atoms with E-state index in [1.54, 1.807) is 18.5 Å². The van der Waals surface area contributed by atoms with Gasteiger partial charge in [0.2, 0.25) is 0 Å². The highest BCUT2D eigenvalue weighted by atomic mass is 19.1. The van der Waals surface area contributed by atoms with Gasteiger partial charge in [-0.15, -0.1) is 0 Å². The topological polar surface area (TPSA) is 72.3 Å². The van der Waals surface area contributed by atoms with Crippen LogP contribution in [0, 0.1) is 6.92 Å². The van der Waals surface area contributed by atoms with Gasteiger partial charge < -0.3 is 19.5 Å². The van der Waals surface area contributed by atoms with Crippen molar-refractivity contribution in [1.82, 2.24) is 19.4 Å². The number of likely N-dealkylation sites (tertiary alicyclic amines) is 1. The molecule has 1 saturated heterocycles. The second kappa shape index (κ2) is 7.36. The van der Waals surface area contributed by atoms with Gasteiger partial charge in [-0.1, -0.05) is 0 Å². The van der Waals surface area contributed by atoms with Crippen LogP contribution in [0.3, 0.4) is 0 Å². The highest BCUT2D eigenvalue weighted by Crippen LogP contribution is 2.40. The second-order valence-corrected chi connectivity index (χ2v) is 7.16. The molecular formula is C19H24FN5O2. The van der Waals surface area contributed by atoms with Crippen molar-refractivity contribution < 1.29 is 13.9 Å². The van der Waals surface area contributed by atoms with Gasteiger partial charge in [-0.05, 0) is 31.9 Å². The van der Waals surface area contributed by atoms with Crippen molar-refractivity contribution in [1.29, 1.82) is 0 Å². The SMILES string of the molecule is Cc1ncccc1NC(=O)C1Cn2ccnc2C2(CCN(CCF)CC2)O1. The lowest BCUT2D eigenvalue weighted by Crippen LogP contribution is -2.53. The minimum Gasteiger partial charge on any atom is -0.352 e. The summed E-state index contributed by atoms with van der Waals surface area (Å²) in [6.07, 6.45) is 6.11. The van der Waals surface area contributed by atoms with E-state index in [4.69, 9.17) is 4.74 Å². The van der Waals surface area contributed by atoms with Crippen LogP contribution in [0.15, 0.2) is 30.7 Å². The second-order valence-electron chi connectivity index (χ2n) is 7.16. The van der Waals surface area contributed by atoms with Crippen LogP contribution < -0.4 is 5.32 Å². The number of pyridine rings is 1. The molecular weight excluding hydrogens is 349 g/mol. The molecule has 1 amide bonds. The van der Waals surface area contributed by atoms with Crippen molar-refractivity contribution in [2.24, 2.45) is 0 Å². The number of alkyl halides is 1. The fourth-order valence-electron chi connectivity index (χ4n) is 3.96. The third kappa shape index (κ3) is 3.46.